The normalized spacial score (nSPS) is 14.9. The third kappa shape index (κ3) is 3.74. The number of aromatic nitrogens is 3. The van der Waals surface area contributed by atoms with Crippen LogP contribution in [0, 0.1) is 17.2 Å². The third-order valence-corrected chi connectivity index (χ3v) is 5.01. The minimum atomic E-state index is -0.111. The predicted molar refractivity (Wildman–Crippen MR) is 105 cm³/mol. The molecule has 1 aliphatic heterocycles. The molecule has 0 radical (unpaired) electrons. The zero-order valence-electron chi connectivity index (χ0n) is 16.3. The van der Waals surface area contributed by atoms with Crippen LogP contribution in [0.1, 0.15) is 38.4 Å². The van der Waals surface area contributed by atoms with Crippen LogP contribution in [-0.4, -0.2) is 33.8 Å². The van der Waals surface area contributed by atoms with E-state index in [1.807, 2.05) is 18.7 Å². The summed E-state index contributed by atoms with van der Waals surface area (Å²) in [7, 11) is 0. The fraction of sp³-hybridized carbons (Fsp3) is 0.400. The van der Waals surface area contributed by atoms with E-state index < -0.39 is 0 Å². The standard InChI is InChI=1S/C20H22N6O3/c1-13(2)26-17(5-8-22-26)24-18(27)14-6-9-25(10-7-14)20-15(12-21)23-19(29-20)16-4-3-11-28-16/h3-5,8,11,13-14H,6-7,9-10H2,1-2H3,(H,24,27). The number of carbonyl (C=O) groups excluding carboxylic acids is 1. The quantitative estimate of drug-likeness (QED) is 0.705. The number of piperidine rings is 1. The van der Waals surface area contributed by atoms with Crippen molar-refractivity contribution in [3.63, 3.8) is 0 Å². The second-order valence-corrected chi connectivity index (χ2v) is 7.27. The van der Waals surface area contributed by atoms with Crippen molar-refractivity contribution < 1.29 is 13.6 Å². The molecule has 3 aromatic rings. The summed E-state index contributed by atoms with van der Waals surface area (Å²) in [5, 5.41) is 16.6. The Kier molecular flexibility index (Phi) is 5.08. The number of carbonyl (C=O) groups is 1. The van der Waals surface area contributed by atoms with Gasteiger partial charge >= 0.3 is 0 Å². The maximum absolute atomic E-state index is 12.7. The summed E-state index contributed by atoms with van der Waals surface area (Å²) in [6.45, 7) is 5.23. The van der Waals surface area contributed by atoms with E-state index in [1.165, 1.54) is 6.26 Å². The topological polar surface area (TPSA) is 113 Å². The molecule has 0 bridgehead atoms. The molecule has 0 atom stereocenters. The van der Waals surface area contributed by atoms with Crippen molar-refractivity contribution in [3.8, 4) is 17.7 Å². The van der Waals surface area contributed by atoms with Crippen molar-refractivity contribution in [1.29, 1.82) is 5.26 Å². The first-order valence-corrected chi connectivity index (χ1v) is 9.61. The molecule has 4 rings (SSSR count). The number of rotatable bonds is 5. The highest BCUT2D eigenvalue weighted by Gasteiger charge is 2.29. The zero-order valence-corrected chi connectivity index (χ0v) is 16.3. The van der Waals surface area contributed by atoms with Crippen molar-refractivity contribution in [3.05, 3.63) is 36.4 Å². The van der Waals surface area contributed by atoms with Crippen LogP contribution in [0.25, 0.3) is 11.7 Å². The Morgan fingerprint density at radius 2 is 2.14 bits per heavy atom. The van der Waals surface area contributed by atoms with E-state index in [9.17, 15) is 10.1 Å². The fourth-order valence-electron chi connectivity index (χ4n) is 3.50. The molecule has 3 aromatic heterocycles. The minimum Gasteiger partial charge on any atom is -0.459 e. The first-order valence-electron chi connectivity index (χ1n) is 9.61. The number of furan rings is 1. The van der Waals surface area contributed by atoms with E-state index in [0.29, 0.717) is 43.4 Å². The number of anilines is 2. The molecule has 1 saturated heterocycles. The van der Waals surface area contributed by atoms with Crippen LogP contribution in [0.15, 0.2) is 39.5 Å². The molecule has 1 aliphatic rings. The average molecular weight is 394 g/mol. The summed E-state index contributed by atoms with van der Waals surface area (Å²) >= 11 is 0. The summed E-state index contributed by atoms with van der Waals surface area (Å²) in [5.41, 5.74) is 0.222. The van der Waals surface area contributed by atoms with Gasteiger partial charge in [0.25, 0.3) is 5.89 Å². The molecule has 9 heteroatoms. The lowest BCUT2D eigenvalue weighted by Gasteiger charge is -2.31. The minimum absolute atomic E-state index is 0.0126. The number of hydrogen-bond acceptors (Lipinski definition) is 7. The molecular weight excluding hydrogens is 372 g/mol. The monoisotopic (exact) mass is 394 g/mol. The Balaban J connectivity index is 1.41. The first kappa shape index (κ1) is 18.8. The van der Waals surface area contributed by atoms with E-state index in [2.05, 4.69) is 21.5 Å². The first-order chi connectivity index (χ1) is 14.1. The Morgan fingerprint density at radius 1 is 1.34 bits per heavy atom. The van der Waals surface area contributed by atoms with Gasteiger partial charge in [-0.25, -0.2) is 4.68 Å². The molecule has 0 unspecified atom stereocenters. The maximum atomic E-state index is 12.7. The van der Waals surface area contributed by atoms with Crippen LogP contribution in [0.4, 0.5) is 11.7 Å². The van der Waals surface area contributed by atoms with Crippen molar-refractivity contribution in [2.75, 3.05) is 23.3 Å². The third-order valence-electron chi connectivity index (χ3n) is 5.01. The number of oxazole rings is 1. The molecular formula is C20H22N6O3. The van der Waals surface area contributed by atoms with Gasteiger partial charge < -0.3 is 19.1 Å². The van der Waals surface area contributed by atoms with Gasteiger partial charge in [-0.1, -0.05) is 0 Å². The van der Waals surface area contributed by atoms with Gasteiger partial charge in [-0.3, -0.25) is 4.79 Å². The van der Waals surface area contributed by atoms with E-state index >= 15 is 0 Å². The van der Waals surface area contributed by atoms with Crippen LogP contribution in [0.2, 0.25) is 0 Å². The summed E-state index contributed by atoms with van der Waals surface area (Å²) in [6, 6.07) is 7.52. The van der Waals surface area contributed by atoms with Gasteiger partial charge in [0.15, 0.2) is 5.76 Å². The van der Waals surface area contributed by atoms with Crippen LogP contribution < -0.4 is 10.2 Å². The van der Waals surface area contributed by atoms with Crippen molar-refractivity contribution in [1.82, 2.24) is 14.8 Å². The number of hydrogen-bond donors (Lipinski definition) is 1. The van der Waals surface area contributed by atoms with E-state index in [4.69, 9.17) is 8.83 Å². The lowest BCUT2D eigenvalue weighted by Crippen LogP contribution is -2.38. The van der Waals surface area contributed by atoms with Crippen LogP contribution in [0.5, 0.6) is 0 Å². The molecule has 4 heterocycles. The van der Waals surface area contributed by atoms with Crippen LogP contribution in [-0.2, 0) is 4.79 Å². The SMILES string of the molecule is CC(C)n1nccc1NC(=O)C1CCN(c2oc(-c3ccco3)nc2C#N)CC1. The lowest BCUT2D eigenvalue weighted by atomic mass is 9.96. The summed E-state index contributed by atoms with van der Waals surface area (Å²) in [6.07, 6.45) is 4.52. The second-order valence-electron chi connectivity index (χ2n) is 7.27. The van der Waals surface area contributed by atoms with E-state index in [1.54, 1.807) is 29.1 Å². The van der Waals surface area contributed by atoms with E-state index in [-0.39, 0.29) is 29.5 Å². The Bertz CT molecular complexity index is 1020. The van der Waals surface area contributed by atoms with Crippen molar-refractivity contribution in [2.45, 2.75) is 32.7 Å². The van der Waals surface area contributed by atoms with Crippen molar-refractivity contribution in [2.24, 2.45) is 5.92 Å². The Morgan fingerprint density at radius 3 is 2.79 bits per heavy atom. The van der Waals surface area contributed by atoms with Crippen molar-refractivity contribution >= 4 is 17.6 Å². The largest absolute Gasteiger partial charge is 0.459 e. The van der Waals surface area contributed by atoms with Gasteiger partial charge in [0.2, 0.25) is 17.5 Å². The smallest absolute Gasteiger partial charge is 0.266 e. The molecule has 1 fully saturated rings. The fourth-order valence-corrected chi connectivity index (χ4v) is 3.50. The lowest BCUT2D eigenvalue weighted by molar-refractivity contribution is -0.120. The molecule has 1 amide bonds. The number of nitrogens with zero attached hydrogens (tertiary/aromatic N) is 5. The van der Waals surface area contributed by atoms with Gasteiger partial charge in [0.05, 0.1) is 12.5 Å². The highest BCUT2D eigenvalue weighted by molar-refractivity contribution is 5.92. The maximum Gasteiger partial charge on any atom is 0.266 e. The molecule has 0 saturated carbocycles. The van der Waals surface area contributed by atoms with Gasteiger partial charge in [-0.15, -0.1) is 0 Å². The van der Waals surface area contributed by atoms with Gasteiger partial charge in [0.1, 0.15) is 11.9 Å². The molecule has 150 valence electrons. The van der Waals surface area contributed by atoms with Gasteiger partial charge in [0, 0.05) is 31.1 Å². The summed E-state index contributed by atoms with van der Waals surface area (Å²) in [5.74, 6) is 1.77. The highest BCUT2D eigenvalue weighted by Crippen LogP contribution is 2.31. The number of nitriles is 1. The summed E-state index contributed by atoms with van der Waals surface area (Å²) in [4.78, 5) is 18.9. The Hall–Kier alpha value is -3.54. The Labute approximate surface area is 167 Å². The van der Waals surface area contributed by atoms with E-state index in [0.717, 1.165) is 0 Å². The summed E-state index contributed by atoms with van der Waals surface area (Å²) < 4.78 is 12.9. The zero-order chi connectivity index (χ0) is 20.4. The molecule has 0 aromatic carbocycles. The average Bonchev–Trinajstić information content (AvgIpc) is 3.47. The molecule has 9 nitrogen and oxygen atoms in total. The van der Waals surface area contributed by atoms with Gasteiger partial charge in [-0.05, 0) is 38.8 Å². The van der Waals surface area contributed by atoms with Crippen LogP contribution in [0.3, 0.4) is 0 Å². The molecule has 29 heavy (non-hydrogen) atoms. The van der Waals surface area contributed by atoms with Crippen LogP contribution >= 0.6 is 0 Å². The number of amides is 1. The highest BCUT2D eigenvalue weighted by atomic mass is 16.4. The predicted octanol–water partition coefficient (Wildman–Crippen LogP) is 3.44. The second kappa shape index (κ2) is 7.83. The van der Waals surface area contributed by atoms with Gasteiger partial charge in [-0.2, -0.15) is 15.3 Å². The molecule has 1 N–H and O–H groups in total. The molecule has 0 spiro atoms. The number of nitrogens with one attached hydrogen (secondary N) is 1. The molecule has 0 aliphatic carbocycles.